The standard InChI is InChI=1S/C36H43N3S/c1-2-11-22(12-3-1)34-26-14-4-6-17-28(26)37-36(38-34)27-21-32-35-33-24(15-10-16-25(27)33)23-13-5-7-18-29(23)39(35)30-19-8-9-20-31(30)40-32/h1-4,6,11-12,14,17,23-25,27,29-33,35H,5,7-10,13,15-16,18-21H2. The molecule has 0 N–H and O–H groups in total. The molecule has 4 saturated carbocycles. The Morgan fingerprint density at radius 3 is 2.33 bits per heavy atom. The molecule has 6 aliphatic rings. The molecule has 0 bridgehead atoms. The minimum absolute atomic E-state index is 0.496. The van der Waals surface area contributed by atoms with E-state index in [1.54, 1.807) is 0 Å². The van der Waals surface area contributed by atoms with E-state index in [-0.39, 0.29) is 0 Å². The van der Waals surface area contributed by atoms with Gasteiger partial charge in [-0.05, 0) is 74.7 Å². The summed E-state index contributed by atoms with van der Waals surface area (Å²) < 4.78 is 0. The van der Waals surface area contributed by atoms with Gasteiger partial charge in [0.25, 0.3) is 0 Å². The Balaban J connectivity index is 1.18. The van der Waals surface area contributed by atoms with E-state index in [0.29, 0.717) is 5.92 Å². The van der Waals surface area contributed by atoms with Gasteiger partial charge in [-0.15, -0.1) is 0 Å². The summed E-state index contributed by atoms with van der Waals surface area (Å²) in [7, 11) is 0. The lowest BCUT2D eigenvalue weighted by atomic mass is 9.51. The van der Waals surface area contributed by atoms with E-state index in [0.717, 1.165) is 69.3 Å². The first kappa shape index (κ1) is 24.7. The van der Waals surface area contributed by atoms with Gasteiger partial charge in [-0.25, -0.2) is 9.97 Å². The van der Waals surface area contributed by atoms with Crippen molar-refractivity contribution in [2.24, 2.45) is 23.7 Å². The zero-order valence-corrected chi connectivity index (χ0v) is 24.5. The highest BCUT2D eigenvalue weighted by Gasteiger charge is 2.62. The lowest BCUT2D eigenvalue weighted by Gasteiger charge is -2.68. The molecule has 2 saturated heterocycles. The SMILES string of the molecule is c1ccc(-c2nc(C3CC4SC5CCCCC5N5C6CCCCC6C6CCCC3C6C45)nc3ccccc23)cc1. The summed E-state index contributed by atoms with van der Waals surface area (Å²) in [5.74, 6) is 5.13. The molecule has 1 aromatic heterocycles. The van der Waals surface area contributed by atoms with E-state index in [1.807, 2.05) is 0 Å². The summed E-state index contributed by atoms with van der Waals surface area (Å²) in [5, 5.41) is 2.80. The Labute approximate surface area is 243 Å². The zero-order chi connectivity index (χ0) is 26.2. The molecule has 3 nitrogen and oxygen atoms in total. The first-order valence-corrected chi connectivity index (χ1v) is 17.5. The number of para-hydroxylation sites is 1. The Morgan fingerprint density at radius 2 is 1.40 bits per heavy atom. The van der Waals surface area contributed by atoms with Crippen molar-refractivity contribution in [2.45, 2.75) is 112 Å². The summed E-state index contributed by atoms with van der Waals surface area (Å²) >= 11 is 2.44. The van der Waals surface area contributed by atoms with Gasteiger partial charge in [0.05, 0.1) is 11.2 Å². The highest BCUT2D eigenvalue weighted by atomic mass is 32.2. The van der Waals surface area contributed by atoms with Crippen molar-refractivity contribution in [1.82, 2.24) is 14.9 Å². The number of hydrogen-bond acceptors (Lipinski definition) is 4. The molecule has 0 spiro atoms. The van der Waals surface area contributed by atoms with Crippen molar-refractivity contribution < 1.29 is 0 Å². The average Bonchev–Trinajstić information content (AvgIpc) is 3.03. The third-order valence-electron chi connectivity index (χ3n) is 12.3. The summed E-state index contributed by atoms with van der Waals surface area (Å²) in [6.07, 6.45) is 17.3. The van der Waals surface area contributed by atoms with Gasteiger partial charge in [-0.2, -0.15) is 11.8 Å². The van der Waals surface area contributed by atoms with E-state index < -0.39 is 0 Å². The topological polar surface area (TPSA) is 29.0 Å². The molecule has 3 aromatic rings. The zero-order valence-electron chi connectivity index (χ0n) is 23.7. The Morgan fingerprint density at radius 1 is 0.650 bits per heavy atom. The minimum atomic E-state index is 0.496. The lowest BCUT2D eigenvalue weighted by molar-refractivity contribution is -0.143. The normalized spacial score (nSPS) is 40.6. The third-order valence-corrected chi connectivity index (χ3v) is 14.0. The largest absolute Gasteiger partial charge is 0.292 e. The number of piperidine rings is 1. The number of fused-ring (bicyclic) bond motifs is 6. The predicted molar refractivity (Wildman–Crippen MR) is 165 cm³/mol. The first-order chi connectivity index (χ1) is 19.8. The van der Waals surface area contributed by atoms with Gasteiger partial charge in [0.2, 0.25) is 0 Å². The average molecular weight is 550 g/mol. The molecule has 0 radical (unpaired) electrons. The lowest BCUT2D eigenvalue weighted by Crippen LogP contribution is -2.73. The monoisotopic (exact) mass is 549 g/mol. The summed E-state index contributed by atoms with van der Waals surface area (Å²) in [6.45, 7) is 0. The number of nitrogens with zero attached hydrogens (tertiary/aromatic N) is 3. The quantitative estimate of drug-likeness (QED) is 0.320. The fourth-order valence-electron chi connectivity index (χ4n) is 11.0. The second-order valence-corrected chi connectivity index (χ2v) is 15.5. The van der Waals surface area contributed by atoms with Gasteiger partial charge in [0.15, 0.2) is 0 Å². The number of benzene rings is 2. The fourth-order valence-corrected chi connectivity index (χ4v) is 13.0. The van der Waals surface area contributed by atoms with Crippen molar-refractivity contribution >= 4 is 22.7 Å². The Bertz CT molecular complexity index is 1390. The maximum Gasteiger partial charge on any atom is 0.133 e. The second-order valence-electron chi connectivity index (χ2n) is 14.0. The van der Waals surface area contributed by atoms with Crippen molar-refractivity contribution in [3.63, 3.8) is 0 Å². The Hall–Kier alpha value is -1.91. The van der Waals surface area contributed by atoms with Crippen LogP contribution in [0.2, 0.25) is 0 Å². The maximum atomic E-state index is 5.51. The molecular weight excluding hydrogens is 506 g/mol. The van der Waals surface area contributed by atoms with Crippen LogP contribution in [0.1, 0.15) is 88.8 Å². The number of aromatic nitrogens is 2. The fraction of sp³-hybridized carbons (Fsp3) is 0.611. The maximum absolute atomic E-state index is 5.51. The molecule has 0 amide bonds. The van der Waals surface area contributed by atoms with Crippen LogP contribution in [0.4, 0.5) is 0 Å². The molecule has 208 valence electrons. The number of thioether (sulfide) groups is 1. The van der Waals surface area contributed by atoms with Crippen LogP contribution in [0, 0.1) is 23.7 Å². The van der Waals surface area contributed by atoms with E-state index in [2.05, 4.69) is 71.3 Å². The second kappa shape index (κ2) is 9.83. The van der Waals surface area contributed by atoms with Crippen LogP contribution in [0.5, 0.6) is 0 Å². The number of rotatable bonds is 2. The summed E-state index contributed by atoms with van der Waals surface area (Å²) in [4.78, 5) is 14.2. The Kier molecular flexibility index (Phi) is 6.06. The molecule has 10 atom stereocenters. The van der Waals surface area contributed by atoms with Gasteiger partial charge in [0, 0.05) is 45.5 Å². The van der Waals surface area contributed by atoms with Gasteiger partial charge in [-0.3, -0.25) is 4.90 Å². The highest BCUT2D eigenvalue weighted by Crippen LogP contribution is 2.63. The molecule has 3 heterocycles. The summed E-state index contributed by atoms with van der Waals surface area (Å²) in [5.41, 5.74) is 3.49. The molecule has 6 fully saturated rings. The van der Waals surface area contributed by atoms with Crippen LogP contribution in [0.25, 0.3) is 22.2 Å². The molecule has 40 heavy (non-hydrogen) atoms. The van der Waals surface area contributed by atoms with E-state index in [1.165, 1.54) is 88.0 Å². The van der Waals surface area contributed by atoms with Crippen LogP contribution in [0.15, 0.2) is 54.6 Å². The highest BCUT2D eigenvalue weighted by molar-refractivity contribution is 8.00. The van der Waals surface area contributed by atoms with Gasteiger partial charge in [0.1, 0.15) is 5.82 Å². The number of hydrogen-bond donors (Lipinski definition) is 0. The van der Waals surface area contributed by atoms with Gasteiger partial charge < -0.3 is 0 Å². The van der Waals surface area contributed by atoms with Crippen LogP contribution in [-0.2, 0) is 0 Å². The molecule has 9 rings (SSSR count). The molecule has 2 aromatic carbocycles. The van der Waals surface area contributed by atoms with Crippen LogP contribution < -0.4 is 0 Å². The van der Waals surface area contributed by atoms with E-state index >= 15 is 0 Å². The van der Waals surface area contributed by atoms with Crippen molar-refractivity contribution in [3.8, 4) is 11.3 Å². The first-order valence-electron chi connectivity index (χ1n) is 16.6. The van der Waals surface area contributed by atoms with E-state index in [4.69, 9.17) is 9.97 Å². The third kappa shape index (κ3) is 3.73. The van der Waals surface area contributed by atoms with Crippen molar-refractivity contribution in [3.05, 3.63) is 60.4 Å². The molecule has 4 aliphatic carbocycles. The van der Waals surface area contributed by atoms with E-state index in [9.17, 15) is 0 Å². The van der Waals surface area contributed by atoms with Crippen LogP contribution in [-0.4, -0.2) is 43.5 Å². The van der Waals surface area contributed by atoms with Crippen LogP contribution >= 0.6 is 11.8 Å². The minimum Gasteiger partial charge on any atom is -0.292 e. The van der Waals surface area contributed by atoms with Crippen LogP contribution in [0.3, 0.4) is 0 Å². The molecule has 4 heteroatoms. The predicted octanol–water partition coefficient (Wildman–Crippen LogP) is 8.49. The van der Waals surface area contributed by atoms with Crippen molar-refractivity contribution in [2.75, 3.05) is 0 Å². The molecule has 10 unspecified atom stereocenters. The van der Waals surface area contributed by atoms with Gasteiger partial charge in [-0.1, -0.05) is 80.6 Å². The smallest absolute Gasteiger partial charge is 0.133 e. The van der Waals surface area contributed by atoms with Gasteiger partial charge >= 0.3 is 0 Å². The summed E-state index contributed by atoms with van der Waals surface area (Å²) in [6, 6.07) is 22.2. The molecule has 2 aliphatic heterocycles. The molecular formula is C36H43N3S. The van der Waals surface area contributed by atoms with Crippen molar-refractivity contribution in [1.29, 1.82) is 0 Å².